The Morgan fingerprint density at radius 1 is 0.500 bits per heavy atom. The van der Waals surface area contributed by atoms with Gasteiger partial charge in [0.15, 0.2) is 0 Å². The Kier molecular flexibility index (Phi) is 12.0. The zero-order valence-electron chi connectivity index (χ0n) is 39.0. The van der Waals surface area contributed by atoms with Crippen LogP contribution in [0.15, 0.2) is 194 Å². The Balaban J connectivity index is 0.000000270. The lowest BCUT2D eigenvalue weighted by Crippen LogP contribution is -2.01. The van der Waals surface area contributed by atoms with E-state index in [0.29, 0.717) is 5.92 Å². The van der Waals surface area contributed by atoms with Crippen LogP contribution >= 0.6 is 11.3 Å². The number of aromatic nitrogens is 1. The highest BCUT2D eigenvalue weighted by Gasteiger charge is 2.26. The second-order valence-electron chi connectivity index (χ2n) is 18.0. The van der Waals surface area contributed by atoms with E-state index in [1.165, 1.54) is 126 Å². The average molecular weight is 872 g/mol. The van der Waals surface area contributed by atoms with Gasteiger partial charge in [0, 0.05) is 42.2 Å². The van der Waals surface area contributed by atoms with Gasteiger partial charge in [0.05, 0.1) is 11.0 Å². The van der Waals surface area contributed by atoms with Gasteiger partial charge >= 0.3 is 0 Å². The first kappa shape index (κ1) is 42.9. The molecule has 1 atom stereocenters. The van der Waals surface area contributed by atoms with Crippen LogP contribution < -0.4 is 0 Å². The number of aryl methyl sites for hydroxylation is 3. The van der Waals surface area contributed by atoms with Crippen LogP contribution in [0, 0.1) is 20.8 Å². The molecule has 1 nitrogen and oxygen atoms in total. The van der Waals surface area contributed by atoms with Crippen LogP contribution in [0.25, 0.3) is 92.2 Å². The third kappa shape index (κ3) is 7.74. The van der Waals surface area contributed by atoms with Crippen molar-refractivity contribution in [1.82, 2.24) is 4.57 Å². The van der Waals surface area contributed by atoms with Crippen LogP contribution in [-0.2, 0) is 6.42 Å². The van der Waals surface area contributed by atoms with E-state index in [1.54, 1.807) is 0 Å². The van der Waals surface area contributed by atoms with E-state index in [2.05, 4.69) is 240 Å². The summed E-state index contributed by atoms with van der Waals surface area (Å²) in [6.07, 6.45) is 3.45. The number of fused-ring (bicyclic) bond motifs is 6. The highest BCUT2D eigenvalue weighted by molar-refractivity contribution is 7.26. The molecule has 2 heterocycles. The lowest BCUT2D eigenvalue weighted by molar-refractivity contribution is 0.735. The number of hydrogen-bond acceptors (Lipinski definition) is 1. The van der Waals surface area contributed by atoms with E-state index < -0.39 is 0 Å². The largest absolute Gasteiger partial charge is 0.309 e. The molecule has 0 fully saturated rings. The third-order valence-corrected chi connectivity index (χ3v) is 14.9. The monoisotopic (exact) mass is 871 g/mol. The highest BCUT2D eigenvalue weighted by atomic mass is 32.1. The second kappa shape index (κ2) is 18.5. The van der Waals surface area contributed by atoms with Crippen LogP contribution in [0.3, 0.4) is 0 Å². The molecule has 11 rings (SSSR count). The molecule has 2 aromatic heterocycles. The highest BCUT2D eigenvalue weighted by Crippen LogP contribution is 2.53. The quantitative estimate of drug-likeness (QED) is 0.136. The fraction of sp³-hybridized carbons (Fsp3) is 0.156. The van der Waals surface area contributed by atoms with E-state index in [4.69, 9.17) is 0 Å². The maximum absolute atomic E-state index is 2.45. The molecule has 1 unspecified atom stereocenters. The third-order valence-electron chi connectivity index (χ3n) is 13.7. The van der Waals surface area contributed by atoms with Gasteiger partial charge in [-0.2, -0.15) is 0 Å². The summed E-state index contributed by atoms with van der Waals surface area (Å²) in [6, 6.07) is 71.3. The smallest absolute Gasteiger partial charge is 0.0541 e. The van der Waals surface area contributed by atoms with Gasteiger partial charge in [0.1, 0.15) is 0 Å². The van der Waals surface area contributed by atoms with Gasteiger partial charge in [-0.1, -0.05) is 197 Å². The Bertz CT molecular complexity index is 3460. The number of benzene rings is 9. The predicted molar refractivity (Wildman–Crippen MR) is 289 cm³/mol. The lowest BCUT2D eigenvalue weighted by atomic mass is 9.80. The minimum absolute atomic E-state index is 0.445. The van der Waals surface area contributed by atoms with Crippen molar-refractivity contribution in [3.05, 3.63) is 222 Å². The van der Waals surface area contributed by atoms with Crippen molar-refractivity contribution >= 4 is 53.3 Å². The summed E-state index contributed by atoms with van der Waals surface area (Å²) < 4.78 is 5.10. The predicted octanol–water partition coefficient (Wildman–Crippen LogP) is 18.9. The number of para-hydroxylation sites is 2. The topological polar surface area (TPSA) is 4.93 Å². The van der Waals surface area contributed by atoms with Gasteiger partial charge in [0.25, 0.3) is 0 Å². The van der Waals surface area contributed by atoms with Crippen LogP contribution in [0.1, 0.15) is 67.3 Å². The van der Waals surface area contributed by atoms with Crippen LogP contribution in [0.5, 0.6) is 0 Å². The van der Waals surface area contributed by atoms with Crippen LogP contribution in [0.4, 0.5) is 0 Å². The molecule has 0 aliphatic rings. The number of rotatable bonds is 9. The van der Waals surface area contributed by atoms with Crippen molar-refractivity contribution in [3.8, 4) is 50.2 Å². The van der Waals surface area contributed by atoms with E-state index in [9.17, 15) is 0 Å². The first-order valence-electron chi connectivity index (χ1n) is 23.7. The summed E-state index contributed by atoms with van der Waals surface area (Å²) in [5, 5.41) is 5.22. The minimum atomic E-state index is 0.445. The molecular weight excluding hydrogens is 815 g/mol. The molecule has 0 N–H and O–H groups in total. The molecule has 0 aliphatic heterocycles. The molecule has 0 bridgehead atoms. The molecule has 9 aromatic carbocycles. The van der Waals surface area contributed by atoms with E-state index in [1.807, 2.05) is 11.3 Å². The Morgan fingerprint density at radius 2 is 1.09 bits per heavy atom. The van der Waals surface area contributed by atoms with Gasteiger partial charge in [-0.05, 0) is 131 Å². The van der Waals surface area contributed by atoms with Gasteiger partial charge in [-0.15, -0.1) is 11.3 Å². The molecule has 0 aliphatic carbocycles. The number of thiophene rings is 1. The molecule has 11 aromatic rings. The van der Waals surface area contributed by atoms with Crippen LogP contribution in [-0.4, -0.2) is 4.57 Å². The Morgan fingerprint density at radius 3 is 1.74 bits per heavy atom. The summed E-state index contributed by atoms with van der Waals surface area (Å²) in [5.74, 6) is 0.445. The molecule has 0 amide bonds. The fourth-order valence-electron chi connectivity index (χ4n) is 10.3. The maximum atomic E-state index is 2.45. The summed E-state index contributed by atoms with van der Waals surface area (Å²) >= 11 is 1.94. The standard InChI is InChI=1S/C48H39NS.C16H18/c1-5-31(3)36-26-24-30(2)28-39(36)45-32(4)44(33-16-8-6-9-17-33)47-40-29-35(25-27-43(40)50-48(47)46(45)34-18-10-7-11-19-34)49-41-22-14-12-20-37(41)38-21-13-15-23-42(38)49;1-3-8-14-10-5-7-12-16(14)15-11-6-4-9-13(15)2/h6-29,31H,5H2,1-4H3;4-7,9-12H,3,8H2,1-2H3. The van der Waals surface area contributed by atoms with E-state index >= 15 is 0 Å². The van der Waals surface area contributed by atoms with Crippen LogP contribution in [0.2, 0.25) is 0 Å². The van der Waals surface area contributed by atoms with Crippen molar-refractivity contribution in [1.29, 1.82) is 0 Å². The van der Waals surface area contributed by atoms with Gasteiger partial charge in [-0.25, -0.2) is 0 Å². The zero-order valence-corrected chi connectivity index (χ0v) is 39.8. The zero-order chi connectivity index (χ0) is 45.3. The summed E-state index contributed by atoms with van der Waals surface area (Å²) in [4.78, 5) is 0. The summed E-state index contributed by atoms with van der Waals surface area (Å²) in [6.45, 7) is 13.7. The van der Waals surface area contributed by atoms with E-state index in [-0.39, 0.29) is 0 Å². The van der Waals surface area contributed by atoms with Gasteiger partial charge in [-0.3, -0.25) is 0 Å². The second-order valence-corrected chi connectivity index (χ2v) is 19.0. The molecule has 2 heteroatoms. The maximum Gasteiger partial charge on any atom is 0.0541 e. The lowest BCUT2D eigenvalue weighted by Gasteiger charge is -2.24. The molecule has 66 heavy (non-hydrogen) atoms. The molecule has 0 radical (unpaired) electrons. The summed E-state index contributed by atoms with van der Waals surface area (Å²) in [5.41, 5.74) is 21.2. The number of hydrogen-bond donors (Lipinski definition) is 0. The van der Waals surface area contributed by atoms with Crippen molar-refractivity contribution in [3.63, 3.8) is 0 Å². The van der Waals surface area contributed by atoms with E-state index in [0.717, 1.165) is 12.8 Å². The van der Waals surface area contributed by atoms with Crippen molar-refractivity contribution in [2.75, 3.05) is 0 Å². The Labute approximate surface area is 394 Å². The first-order valence-corrected chi connectivity index (χ1v) is 24.5. The Hall–Kier alpha value is -7.00. The van der Waals surface area contributed by atoms with Crippen molar-refractivity contribution < 1.29 is 0 Å². The SMILES string of the molecule is CCC(C)c1ccc(C)cc1-c1c(C)c(-c2ccccc2)c2c(sc3ccc(-n4c5ccccc5c5ccccc54)cc32)c1-c1ccccc1.CCCc1ccccc1-c1ccccc1C. The minimum Gasteiger partial charge on any atom is -0.309 e. The fourth-order valence-corrected chi connectivity index (χ4v) is 11.6. The molecule has 0 saturated carbocycles. The van der Waals surface area contributed by atoms with Gasteiger partial charge in [0.2, 0.25) is 0 Å². The van der Waals surface area contributed by atoms with Crippen molar-refractivity contribution in [2.45, 2.75) is 66.7 Å². The van der Waals surface area contributed by atoms with Crippen molar-refractivity contribution in [2.24, 2.45) is 0 Å². The molecule has 0 saturated heterocycles. The first-order chi connectivity index (χ1) is 32.4. The summed E-state index contributed by atoms with van der Waals surface area (Å²) in [7, 11) is 0. The normalized spacial score (nSPS) is 11.9. The van der Waals surface area contributed by atoms with Gasteiger partial charge < -0.3 is 4.57 Å². The molecule has 0 spiro atoms. The molecule has 324 valence electrons. The molecular formula is C64H57NS. The average Bonchev–Trinajstić information content (AvgIpc) is 3.90. The number of nitrogens with zero attached hydrogens (tertiary/aromatic N) is 1.